The first-order chi connectivity index (χ1) is 7.26. The third-order valence-corrected chi connectivity index (χ3v) is 2.25. The molecule has 1 aromatic carbocycles. The third kappa shape index (κ3) is 4.32. The van der Waals surface area contributed by atoms with Crippen LogP contribution >= 0.6 is 0 Å². The van der Waals surface area contributed by atoms with E-state index in [0.29, 0.717) is 6.54 Å². The molecule has 1 rings (SSSR count). The zero-order valence-electron chi connectivity index (χ0n) is 9.11. The summed E-state index contributed by atoms with van der Waals surface area (Å²) in [5.74, 6) is 0. The summed E-state index contributed by atoms with van der Waals surface area (Å²) < 4.78 is 0. The van der Waals surface area contributed by atoms with Gasteiger partial charge in [-0.1, -0.05) is 25.5 Å². The fourth-order valence-electron chi connectivity index (χ4n) is 1.38. The molecule has 0 saturated heterocycles. The summed E-state index contributed by atoms with van der Waals surface area (Å²) in [5, 5.41) is 20.8. The molecule has 0 saturated carbocycles. The lowest BCUT2D eigenvalue weighted by Crippen LogP contribution is -2.22. The molecule has 3 heteroatoms. The topological polar surface area (TPSA) is 52.5 Å². The normalized spacial score (nSPS) is 12.5. The number of anilines is 1. The Morgan fingerprint density at radius 3 is 2.47 bits per heavy atom. The molecule has 0 heterocycles. The molecular weight excluding hydrogens is 190 g/mol. The maximum Gasteiger partial charge on any atom is 0.0942 e. The van der Waals surface area contributed by atoms with Gasteiger partial charge in [0.1, 0.15) is 0 Å². The van der Waals surface area contributed by atoms with Crippen LogP contribution in [0, 0.1) is 0 Å². The SMILES string of the molecule is CCCc1ccc(NCC(O)CO)cc1. The van der Waals surface area contributed by atoms with Crippen molar-refractivity contribution >= 4 is 5.69 Å². The molecule has 1 aromatic rings. The molecule has 0 spiro atoms. The Morgan fingerprint density at radius 2 is 1.93 bits per heavy atom. The van der Waals surface area contributed by atoms with Gasteiger partial charge in [-0.2, -0.15) is 0 Å². The molecule has 1 atom stereocenters. The van der Waals surface area contributed by atoms with E-state index in [2.05, 4.69) is 24.4 Å². The predicted molar refractivity (Wildman–Crippen MR) is 62.0 cm³/mol. The van der Waals surface area contributed by atoms with Gasteiger partial charge in [0.25, 0.3) is 0 Å². The minimum atomic E-state index is -0.694. The van der Waals surface area contributed by atoms with Gasteiger partial charge in [-0.25, -0.2) is 0 Å². The third-order valence-electron chi connectivity index (χ3n) is 2.25. The van der Waals surface area contributed by atoms with Crippen molar-refractivity contribution in [1.82, 2.24) is 0 Å². The van der Waals surface area contributed by atoms with Crippen molar-refractivity contribution in [1.29, 1.82) is 0 Å². The van der Waals surface area contributed by atoms with Crippen LogP contribution in [0.25, 0.3) is 0 Å². The summed E-state index contributed by atoms with van der Waals surface area (Å²) in [4.78, 5) is 0. The second-order valence-corrected chi connectivity index (χ2v) is 3.66. The Bertz CT molecular complexity index is 271. The lowest BCUT2D eigenvalue weighted by atomic mass is 10.1. The van der Waals surface area contributed by atoms with E-state index in [0.717, 1.165) is 18.5 Å². The van der Waals surface area contributed by atoms with Gasteiger partial charge < -0.3 is 15.5 Å². The van der Waals surface area contributed by atoms with Gasteiger partial charge in [-0.3, -0.25) is 0 Å². The van der Waals surface area contributed by atoms with Gasteiger partial charge in [-0.15, -0.1) is 0 Å². The second kappa shape index (κ2) is 6.43. The predicted octanol–water partition coefficient (Wildman–Crippen LogP) is 1.40. The van der Waals surface area contributed by atoms with Crippen LogP contribution in [-0.2, 0) is 6.42 Å². The highest BCUT2D eigenvalue weighted by molar-refractivity contribution is 5.44. The molecule has 0 radical (unpaired) electrons. The zero-order chi connectivity index (χ0) is 11.1. The fraction of sp³-hybridized carbons (Fsp3) is 0.500. The van der Waals surface area contributed by atoms with Crippen molar-refractivity contribution in [2.24, 2.45) is 0 Å². The molecule has 0 aliphatic heterocycles. The van der Waals surface area contributed by atoms with Crippen LogP contribution in [-0.4, -0.2) is 29.5 Å². The molecule has 0 bridgehead atoms. The first kappa shape index (κ1) is 12.0. The van der Waals surface area contributed by atoms with Gasteiger partial charge in [0.15, 0.2) is 0 Å². The lowest BCUT2D eigenvalue weighted by Gasteiger charge is -2.10. The van der Waals surface area contributed by atoms with Gasteiger partial charge in [0, 0.05) is 12.2 Å². The van der Waals surface area contributed by atoms with Gasteiger partial charge >= 0.3 is 0 Å². The summed E-state index contributed by atoms with van der Waals surface area (Å²) in [6.45, 7) is 2.33. The number of aryl methyl sites for hydroxylation is 1. The summed E-state index contributed by atoms with van der Waals surface area (Å²) in [5.41, 5.74) is 2.30. The summed E-state index contributed by atoms with van der Waals surface area (Å²) in [6, 6.07) is 8.15. The smallest absolute Gasteiger partial charge is 0.0942 e. The van der Waals surface area contributed by atoms with Crippen molar-refractivity contribution in [2.75, 3.05) is 18.5 Å². The lowest BCUT2D eigenvalue weighted by molar-refractivity contribution is 0.105. The maximum atomic E-state index is 9.15. The first-order valence-corrected chi connectivity index (χ1v) is 5.38. The molecular formula is C12H19NO2. The molecule has 0 aliphatic carbocycles. The largest absolute Gasteiger partial charge is 0.394 e. The van der Waals surface area contributed by atoms with E-state index in [1.54, 1.807) is 0 Å². The molecule has 1 unspecified atom stereocenters. The highest BCUT2D eigenvalue weighted by atomic mass is 16.3. The average Bonchev–Trinajstić information content (AvgIpc) is 2.28. The van der Waals surface area contributed by atoms with Gasteiger partial charge in [0.05, 0.1) is 12.7 Å². The molecule has 84 valence electrons. The summed E-state index contributed by atoms with van der Waals surface area (Å²) in [7, 11) is 0. The fourth-order valence-corrected chi connectivity index (χ4v) is 1.38. The second-order valence-electron chi connectivity index (χ2n) is 3.66. The van der Waals surface area contributed by atoms with Crippen molar-refractivity contribution in [3.05, 3.63) is 29.8 Å². The van der Waals surface area contributed by atoms with Crippen LogP contribution in [0.2, 0.25) is 0 Å². The van der Waals surface area contributed by atoms with E-state index in [-0.39, 0.29) is 6.61 Å². The highest BCUT2D eigenvalue weighted by Crippen LogP contribution is 2.10. The standard InChI is InChI=1S/C12H19NO2/c1-2-3-10-4-6-11(7-5-10)13-8-12(15)9-14/h4-7,12-15H,2-3,8-9H2,1H3. The van der Waals surface area contributed by atoms with Crippen molar-refractivity contribution in [3.63, 3.8) is 0 Å². The van der Waals surface area contributed by atoms with E-state index in [1.165, 1.54) is 5.56 Å². The number of hydrogen-bond donors (Lipinski definition) is 3. The van der Waals surface area contributed by atoms with Gasteiger partial charge in [0.2, 0.25) is 0 Å². The molecule has 0 amide bonds. The molecule has 3 N–H and O–H groups in total. The van der Waals surface area contributed by atoms with Crippen LogP contribution in [0.15, 0.2) is 24.3 Å². The van der Waals surface area contributed by atoms with Crippen molar-refractivity contribution in [3.8, 4) is 0 Å². The zero-order valence-corrected chi connectivity index (χ0v) is 9.11. The number of aliphatic hydroxyl groups is 2. The molecule has 0 aromatic heterocycles. The average molecular weight is 209 g/mol. The molecule has 15 heavy (non-hydrogen) atoms. The van der Waals surface area contributed by atoms with Crippen LogP contribution in [0.1, 0.15) is 18.9 Å². The van der Waals surface area contributed by atoms with E-state index < -0.39 is 6.10 Å². The van der Waals surface area contributed by atoms with E-state index in [4.69, 9.17) is 10.2 Å². The molecule has 0 aliphatic rings. The molecule has 0 fully saturated rings. The van der Waals surface area contributed by atoms with Crippen LogP contribution in [0.5, 0.6) is 0 Å². The number of aliphatic hydroxyl groups excluding tert-OH is 2. The Labute approximate surface area is 90.8 Å². The summed E-state index contributed by atoms with van der Waals surface area (Å²) >= 11 is 0. The number of hydrogen-bond acceptors (Lipinski definition) is 3. The minimum Gasteiger partial charge on any atom is -0.394 e. The first-order valence-electron chi connectivity index (χ1n) is 5.38. The number of rotatable bonds is 6. The monoisotopic (exact) mass is 209 g/mol. The number of benzene rings is 1. The van der Waals surface area contributed by atoms with Gasteiger partial charge in [-0.05, 0) is 24.1 Å². The Balaban J connectivity index is 2.42. The van der Waals surface area contributed by atoms with Crippen LogP contribution in [0.3, 0.4) is 0 Å². The Morgan fingerprint density at radius 1 is 1.27 bits per heavy atom. The van der Waals surface area contributed by atoms with E-state index in [1.807, 2.05) is 12.1 Å². The quantitative estimate of drug-likeness (QED) is 0.664. The van der Waals surface area contributed by atoms with Crippen molar-refractivity contribution < 1.29 is 10.2 Å². The molecule has 3 nitrogen and oxygen atoms in total. The highest BCUT2D eigenvalue weighted by Gasteiger charge is 2.00. The number of nitrogens with one attached hydrogen (secondary N) is 1. The Hall–Kier alpha value is -1.06. The van der Waals surface area contributed by atoms with Crippen LogP contribution < -0.4 is 5.32 Å². The van der Waals surface area contributed by atoms with Crippen molar-refractivity contribution in [2.45, 2.75) is 25.9 Å². The minimum absolute atomic E-state index is 0.207. The van der Waals surface area contributed by atoms with E-state index in [9.17, 15) is 0 Å². The summed E-state index contributed by atoms with van der Waals surface area (Å²) in [6.07, 6.45) is 1.55. The maximum absolute atomic E-state index is 9.15. The van der Waals surface area contributed by atoms with E-state index >= 15 is 0 Å². The Kier molecular flexibility index (Phi) is 5.15. The van der Waals surface area contributed by atoms with Crippen LogP contribution in [0.4, 0.5) is 5.69 Å².